The largest absolute Gasteiger partial charge is 0.461 e. The van der Waals surface area contributed by atoms with Gasteiger partial charge in [0.15, 0.2) is 0 Å². The van der Waals surface area contributed by atoms with Crippen LogP contribution >= 0.6 is 0 Å². The molecule has 1 aromatic rings. The van der Waals surface area contributed by atoms with E-state index in [4.69, 9.17) is 9.47 Å². The quantitative estimate of drug-likeness (QED) is 0.720. The molecule has 0 radical (unpaired) electrons. The molecule has 1 N–H and O–H groups in total. The van der Waals surface area contributed by atoms with Gasteiger partial charge >= 0.3 is 11.9 Å². The van der Waals surface area contributed by atoms with Gasteiger partial charge in [0.1, 0.15) is 6.61 Å². The number of carbonyl (C=O) groups excluding carboxylic acids is 3. The molecule has 0 saturated carbocycles. The van der Waals surface area contributed by atoms with E-state index in [0.717, 1.165) is 5.56 Å². The summed E-state index contributed by atoms with van der Waals surface area (Å²) < 4.78 is 10.9. The molecule has 1 amide bonds. The molecule has 0 heterocycles. The predicted octanol–water partition coefficient (Wildman–Crippen LogP) is 3.43. The van der Waals surface area contributed by atoms with Crippen LogP contribution in [0.3, 0.4) is 0 Å². The Balaban J connectivity index is 3.26. The number of hydrogen-bond acceptors (Lipinski definition) is 5. The van der Waals surface area contributed by atoms with E-state index in [9.17, 15) is 14.4 Å². The lowest BCUT2D eigenvalue weighted by molar-refractivity contribution is -0.186. The molecule has 28 heavy (non-hydrogen) atoms. The Kier molecular flexibility index (Phi) is 7.79. The number of hydrogen-bond donors (Lipinski definition) is 1. The first kappa shape index (κ1) is 23.7. The van der Waals surface area contributed by atoms with Gasteiger partial charge in [0.2, 0.25) is 5.60 Å². The lowest BCUT2D eigenvalue weighted by Gasteiger charge is -2.36. The summed E-state index contributed by atoms with van der Waals surface area (Å²) >= 11 is 0. The number of ether oxygens (including phenoxy) is 2. The van der Waals surface area contributed by atoms with Crippen molar-refractivity contribution < 1.29 is 23.9 Å². The van der Waals surface area contributed by atoms with Crippen molar-refractivity contribution in [3.05, 3.63) is 35.9 Å². The highest BCUT2D eigenvalue weighted by Crippen LogP contribution is 2.27. The Morgan fingerprint density at radius 1 is 0.964 bits per heavy atom. The van der Waals surface area contributed by atoms with Crippen molar-refractivity contribution in [2.24, 2.45) is 5.41 Å². The van der Waals surface area contributed by atoms with Crippen LogP contribution in [0.5, 0.6) is 0 Å². The molecule has 6 heteroatoms. The number of aryl methyl sites for hydroxylation is 1. The minimum atomic E-state index is -1.61. The summed E-state index contributed by atoms with van der Waals surface area (Å²) in [6.07, 6.45) is 0.672. The number of amides is 1. The maximum absolute atomic E-state index is 13.2. The topological polar surface area (TPSA) is 81.7 Å². The van der Waals surface area contributed by atoms with Crippen LogP contribution in [0.2, 0.25) is 0 Å². The third kappa shape index (κ3) is 7.71. The fraction of sp³-hybridized carbons (Fsp3) is 0.591. The van der Waals surface area contributed by atoms with E-state index in [1.165, 1.54) is 6.92 Å². The zero-order valence-corrected chi connectivity index (χ0v) is 18.0. The Morgan fingerprint density at radius 2 is 1.54 bits per heavy atom. The van der Waals surface area contributed by atoms with Gasteiger partial charge in [-0.15, -0.1) is 0 Å². The number of carbonyl (C=O) groups is 3. The third-order valence-electron chi connectivity index (χ3n) is 3.97. The maximum atomic E-state index is 13.2. The molecule has 1 atom stereocenters. The van der Waals surface area contributed by atoms with Crippen molar-refractivity contribution in [3.63, 3.8) is 0 Å². The van der Waals surface area contributed by atoms with Gasteiger partial charge in [-0.3, -0.25) is 14.4 Å². The summed E-state index contributed by atoms with van der Waals surface area (Å²) in [6.45, 7) is 11.6. The van der Waals surface area contributed by atoms with Crippen molar-refractivity contribution >= 4 is 17.8 Å². The van der Waals surface area contributed by atoms with E-state index in [1.54, 1.807) is 20.8 Å². The molecular formula is C22H33NO5. The Morgan fingerprint density at radius 3 is 2.00 bits per heavy atom. The van der Waals surface area contributed by atoms with Gasteiger partial charge in [0.25, 0.3) is 5.91 Å². The third-order valence-corrected chi connectivity index (χ3v) is 3.97. The van der Waals surface area contributed by atoms with Gasteiger partial charge in [-0.1, -0.05) is 30.3 Å². The van der Waals surface area contributed by atoms with Gasteiger partial charge in [-0.25, -0.2) is 0 Å². The lowest BCUT2D eigenvalue weighted by atomic mass is 9.91. The van der Waals surface area contributed by atoms with Crippen LogP contribution in [0.4, 0.5) is 0 Å². The van der Waals surface area contributed by atoms with Gasteiger partial charge in [-0.2, -0.15) is 0 Å². The molecule has 0 aliphatic heterocycles. The summed E-state index contributed by atoms with van der Waals surface area (Å²) in [6, 6.07) is 9.58. The smallest absolute Gasteiger partial charge is 0.312 e. The molecule has 0 aliphatic rings. The molecular weight excluding hydrogens is 358 g/mol. The first-order valence-electron chi connectivity index (χ1n) is 9.48. The monoisotopic (exact) mass is 391 g/mol. The van der Waals surface area contributed by atoms with E-state index >= 15 is 0 Å². The van der Waals surface area contributed by atoms with Crippen LogP contribution in [0.15, 0.2) is 30.3 Å². The van der Waals surface area contributed by atoms with Gasteiger partial charge in [0, 0.05) is 18.9 Å². The molecule has 0 saturated heterocycles. The minimum Gasteiger partial charge on any atom is -0.461 e. The van der Waals surface area contributed by atoms with Crippen LogP contribution in [-0.4, -0.2) is 35.6 Å². The minimum absolute atomic E-state index is 0.189. The maximum Gasteiger partial charge on any atom is 0.312 e. The van der Waals surface area contributed by atoms with Gasteiger partial charge in [0.05, 0.1) is 5.41 Å². The first-order chi connectivity index (χ1) is 12.8. The van der Waals surface area contributed by atoms with Crippen LogP contribution in [-0.2, 0) is 30.3 Å². The van der Waals surface area contributed by atoms with Crippen molar-refractivity contribution in [3.8, 4) is 0 Å². The lowest BCUT2D eigenvalue weighted by Crippen LogP contribution is -2.58. The Bertz CT molecular complexity index is 685. The predicted molar refractivity (Wildman–Crippen MR) is 108 cm³/mol. The summed E-state index contributed by atoms with van der Waals surface area (Å²) in [5.74, 6) is -1.55. The number of benzene rings is 1. The standard InChI is InChI=1S/C22H33NO5/c1-16(24)27-15-22(18(25)23-21(5,6)7,28-19(26)20(2,3)4)14-13-17-11-9-8-10-12-17/h8-12H,13-15H2,1-7H3,(H,23,25). The van der Waals surface area contributed by atoms with E-state index in [-0.39, 0.29) is 13.0 Å². The van der Waals surface area contributed by atoms with E-state index in [1.807, 2.05) is 51.1 Å². The van der Waals surface area contributed by atoms with E-state index < -0.39 is 34.4 Å². The highest BCUT2D eigenvalue weighted by Gasteiger charge is 2.46. The van der Waals surface area contributed by atoms with Crippen molar-refractivity contribution in [2.75, 3.05) is 6.61 Å². The molecule has 0 bridgehead atoms. The SMILES string of the molecule is CC(=O)OCC(CCc1ccccc1)(OC(=O)C(C)(C)C)C(=O)NC(C)(C)C. The molecule has 6 nitrogen and oxygen atoms in total. The highest BCUT2D eigenvalue weighted by atomic mass is 16.6. The van der Waals surface area contributed by atoms with Gasteiger partial charge < -0.3 is 14.8 Å². The summed E-state index contributed by atoms with van der Waals surface area (Å²) in [5, 5.41) is 2.87. The number of nitrogens with one attached hydrogen (secondary N) is 1. The average molecular weight is 392 g/mol. The summed E-state index contributed by atoms with van der Waals surface area (Å²) in [7, 11) is 0. The molecule has 0 aromatic heterocycles. The Hall–Kier alpha value is -2.37. The van der Waals surface area contributed by atoms with Crippen molar-refractivity contribution in [1.82, 2.24) is 5.32 Å². The van der Waals surface area contributed by atoms with Crippen molar-refractivity contribution in [2.45, 2.75) is 72.4 Å². The normalized spacial score (nSPS) is 14.0. The zero-order valence-electron chi connectivity index (χ0n) is 18.0. The molecule has 1 rings (SSSR count). The second-order valence-corrected chi connectivity index (χ2v) is 9.10. The second kappa shape index (κ2) is 9.22. The zero-order chi connectivity index (χ0) is 21.6. The number of rotatable bonds is 7. The number of esters is 2. The molecule has 1 aromatic carbocycles. The van der Waals surface area contributed by atoms with Gasteiger partial charge in [-0.05, 0) is 53.5 Å². The molecule has 156 valence electrons. The fourth-order valence-electron chi connectivity index (χ4n) is 2.37. The van der Waals surface area contributed by atoms with Crippen LogP contribution < -0.4 is 5.32 Å². The van der Waals surface area contributed by atoms with Crippen LogP contribution in [0, 0.1) is 5.41 Å². The average Bonchev–Trinajstić information content (AvgIpc) is 2.55. The summed E-state index contributed by atoms with van der Waals surface area (Å²) in [5.41, 5.74) is -1.97. The highest BCUT2D eigenvalue weighted by molar-refractivity contribution is 5.89. The van der Waals surface area contributed by atoms with E-state index in [0.29, 0.717) is 6.42 Å². The molecule has 0 aliphatic carbocycles. The molecule has 1 unspecified atom stereocenters. The van der Waals surface area contributed by atoms with Crippen LogP contribution in [0.1, 0.15) is 60.5 Å². The fourth-order valence-corrected chi connectivity index (χ4v) is 2.37. The molecule has 0 fully saturated rings. The summed E-state index contributed by atoms with van der Waals surface area (Å²) in [4.78, 5) is 37.3. The van der Waals surface area contributed by atoms with Crippen LogP contribution in [0.25, 0.3) is 0 Å². The first-order valence-corrected chi connectivity index (χ1v) is 9.48. The van der Waals surface area contributed by atoms with E-state index in [2.05, 4.69) is 5.32 Å². The Labute approximate surface area is 168 Å². The second-order valence-electron chi connectivity index (χ2n) is 9.10. The van der Waals surface area contributed by atoms with Crippen molar-refractivity contribution in [1.29, 1.82) is 0 Å². The molecule has 0 spiro atoms.